The minimum atomic E-state index is -4.16. The Kier molecular flexibility index (Phi) is 3.18. The van der Waals surface area contributed by atoms with Crippen LogP contribution in [0.4, 0.5) is 13.2 Å². The van der Waals surface area contributed by atoms with Crippen molar-refractivity contribution in [3.8, 4) is 0 Å². The average Bonchev–Trinajstić information content (AvgIpc) is 2.58. The van der Waals surface area contributed by atoms with Crippen LogP contribution >= 0.6 is 0 Å². The molecule has 0 radical (unpaired) electrons. The van der Waals surface area contributed by atoms with Crippen molar-refractivity contribution >= 4 is 0 Å². The predicted octanol–water partition coefficient (Wildman–Crippen LogP) is 2.22. The second kappa shape index (κ2) is 4.18. The van der Waals surface area contributed by atoms with E-state index in [0.717, 1.165) is 0 Å². The Morgan fingerprint density at radius 3 is 2.56 bits per heavy atom. The van der Waals surface area contributed by atoms with E-state index in [0.29, 0.717) is 6.61 Å². The van der Waals surface area contributed by atoms with Crippen LogP contribution in [0.15, 0.2) is 0 Å². The van der Waals surface area contributed by atoms with Crippen LogP contribution in [0.25, 0.3) is 0 Å². The smallest absolute Gasteiger partial charge is 0.391 e. The van der Waals surface area contributed by atoms with Crippen molar-refractivity contribution in [1.82, 2.24) is 0 Å². The van der Waals surface area contributed by atoms with Crippen molar-refractivity contribution in [3.05, 3.63) is 0 Å². The van der Waals surface area contributed by atoms with Gasteiger partial charge >= 0.3 is 6.18 Å². The molecule has 0 aromatic carbocycles. The second-order valence-corrected chi connectivity index (χ2v) is 5.08. The van der Waals surface area contributed by atoms with Gasteiger partial charge in [0.05, 0.1) is 12.0 Å². The van der Waals surface area contributed by atoms with E-state index in [-0.39, 0.29) is 43.3 Å². The first kappa shape index (κ1) is 12.2. The molecule has 5 heteroatoms. The number of hydrogen-bond acceptors (Lipinski definition) is 2. The van der Waals surface area contributed by atoms with Crippen LogP contribution in [0.1, 0.15) is 19.8 Å². The van der Waals surface area contributed by atoms with E-state index in [1.54, 1.807) is 0 Å². The zero-order valence-corrected chi connectivity index (χ0v) is 9.20. The first-order chi connectivity index (χ1) is 7.43. The van der Waals surface area contributed by atoms with Crippen molar-refractivity contribution in [2.45, 2.75) is 32.0 Å². The largest absolute Gasteiger partial charge is 0.396 e. The van der Waals surface area contributed by atoms with Crippen molar-refractivity contribution in [3.63, 3.8) is 0 Å². The molecule has 1 saturated carbocycles. The molecule has 0 aromatic rings. The van der Waals surface area contributed by atoms with Crippen LogP contribution in [0, 0.1) is 23.7 Å². The SMILES string of the molecule is C[C@@H]1CO[C@H]2C[C@@H](C(F)(F)F)C[C@@H](CO)[C@@H]12. The van der Waals surface area contributed by atoms with Gasteiger partial charge in [-0.25, -0.2) is 0 Å². The molecule has 0 amide bonds. The van der Waals surface area contributed by atoms with E-state index in [4.69, 9.17) is 4.74 Å². The van der Waals surface area contributed by atoms with E-state index < -0.39 is 12.1 Å². The van der Waals surface area contributed by atoms with Gasteiger partial charge in [-0.05, 0) is 30.6 Å². The maximum atomic E-state index is 12.7. The summed E-state index contributed by atoms with van der Waals surface area (Å²) < 4.78 is 43.4. The summed E-state index contributed by atoms with van der Waals surface area (Å²) in [7, 11) is 0. The lowest BCUT2D eigenvalue weighted by atomic mass is 9.69. The Hall–Kier alpha value is -0.290. The fourth-order valence-electron chi connectivity index (χ4n) is 3.22. The molecule has 0 spiro atoms. The van der Waals surface area contributed by atoms with Crippen molar-refractivity contribution in [2.24, 2.45) is 23.7 Å². The third-order valence-electron chi connectivity index (χ3n) is 4.01. The van der Waals surface area contributed by atoms with Crippen molar-refractivity contribution in [2.75, 3.05) is 13.2 Å². The van der Waals surface area contributed by atoms with Gasteiger partial charge in [0, 0.05) is 13.2 Å². The summed E-state index contributed by atoms with van der Waals surface area (Å²) in [6.45, 7) is 2.35. The molecule has 1 saturated heterocycles. The number of halogens is 3. The fraction of sp³-hybridized carbons (Fsp3) is 1.00. The second-order valence-electron chi connectivity index (χ2n) is 5.08. The number of aliphatic hydroxyl groups excluding tert-OH is 1. The van der Waals surface area contributed by atoms with Gasteiger partial charge in [-0.15, -0.1) is 0 Å². The van der Waals surface area contributed by atoms with Gasteiger partial charge in [0.25, 0.3) is 0 Å². The first-order valence-corrected chi connectivity index (χ1v) is 5.72. The number of alkyl halides is 3. The first-order valence-electron chi connectivity index (χ1n) is 5.72. The lowest BCUT2D eigenvalue weighted by molar-refractivity contribution is -0.200. The molecule has 2 aliphatic rings. The Labute approximate surface area is 92.8 Å². The number of fused-ring (bicyclic) bond motifs is 1. The summed E-state index contributed by atoms with van der Waals surface area (Å²) in [6.07, 6.45) is -4.36. The number of rotatable bonds is 1. The van der Waals surface area contributed by atoms with Gasteiger partial charge in [0.1, 0.15) is 0 Å². The van der Waals surface area contributed by atoms with Gasteiger partial charge in [-0.2, -0.15) is 13.2 Å². The lowest BCUT2D eigenvalue weighted by Gasteiger charge is -2.38. The highest BCUT2D eigenvalue weighted by atomic mass is 19.4. The standard InChI is InChI=1S/C11H17F3O2/c1-6-5-16-9-3-8(11(12,13)14)2-7(4-15)10(6)9/h6-10,15H,2-5H2,1H3/t6-,7+,8+,9+,10-/m1/s1. The lowest BCUT2D eigenvalue weighted by Crippen LogP contribution is -2.42. The monoisotopic (exact) mass is 238 g/mol. The van der Waals surface area contributed by atoms with Crippen LogP contribution in [-0.2, 0) is 4.74 Å². The van der Waals surface area contributed by atoms with Gasteiger partial charge in [0.15, 0.2) is 0 Å². The van der Waals surface area contributed by atoms with Crippen LogP contribution in [-0.4, -0.2) is 30.6 Å². The third-order valence-corrected chi connectivity index (χ3v) is 4.01. The normalized spacial score (nSPS) is 44.4. The molecule has 94 valence electrons. The fourth-order valence-corrected chi connectivity index (χ4v) is 3.22. The molecule has 2 fully saturated rings. The Morgan fingerprint density at radius 1 is 1.31 bits per heavy atom. The molecular formula is C11H17F3O2. The van der Waals surface area contributed by atoms with E-state index in [9.17, 15) is 18.3 Å². The summed E-state index contributed by atoms with van der Waals surface area (Å²) in [4.78, 5) is 0. The molecule has 0 unspecified atom stereocenters. The van der Waals surface area contributed by atoms with Gasteiger partial charge in [-0.1, -0.05) is 6.92 Å². The van der Waals surface area contributed by atoms with E-state index in [2.05, 4.69) is 0 Å². The average molecular weight is 238 g/mol. The predicted molar refractivity (Wildman–Crippen MR) is 51.7 cm³/mol. The molecule has 1 aliphatic heterocycles. The topological polar surface area (TPSA) is 29.5 Å². The summed E-state index contributed by atoms with van der Waals surface area (Å²) in [5, 5.41) is 9.22. The number of aliphatic hydroxyl groups is 1. The molecule has 1 heterocycles. The molecule has 0 bridgehead atoms. The molecule has 1 aliphatic carbocycles. The third kappa shape index (κ3) is 2.07. The van der Waals surface area contributed by atoms with Gasteiger partial charge in [-0.3, -0.25) is 0 Å². The molecular weight excluding hydrogens is 221 g/mol. The molecule has 2 rings (SSSR count). The molecule has 1 N–H and O–H groups in total. The highest BCUT2D eigenvalue weighted by molar-refractivity contribution is 4.94. The van der Waals surface area contributed by atoms with Crippen LogP contribution in [0.2, 0.25) is 0 Å². The molecule has 5 atom stereocenters. The summed E-state index contributed by atoms with van der Waals surface area (Å²) in [6, 6.07) is 0. The van der Waals surface area contributed by atoms with E-state index in [1.807, 2.05) is 6.92 Å². The van der Waals surface area contributed by atoms with Gasteiger partial charge in [0.2, 0.25) is 0 Å². The highest BCUT2D eigenvalue weighted by Crippen LogP contribution is 2.48. The zero-order valence-electron chi connectivity index (χ0n) is 9.20. The molecule has 0 aromatic heterocycles. The van der Waals surface area contributed by atoms with E-state index >= 15 is 0 Å². The molecule has 2 nitrogen and oxygen atoms in total. The number of ether oxygens (including phenoxy) is 1. The Morgan fingerprint density at radius 2 is 2.00 bits per heavy atom. The summed E-state index contributed by atoms with van der Waals surface area (Å²) in [5.41, 5.74) is 0. The van der Waals surface area contributed by atoms with E-state index in [1.165, 1.54) is 0 Å². The van der Waals surface area contributed by atoms with Gasteiger partial charge < -0.3 is 9.84 Å². The van der Waals surface area contributed by atoms with Crippen LogP contribution < -0.4 is 0 Å². The van der Waals surface area contributed by atoms with Crippen LogP contribution in [0.5, 0.6) is 0 Å². The number of hydrogen-bond donors (Lipinski definition) is 1. The highest BCUT2D eigenvalue weighted by Gasteiger charge is 2.52. The maximum Gasteiger partial charge on any atom is 0.391 e. The summed E-state index contributed by atoms with van der Waals surface area (Å²) >= 11 is 0. The summed E-state index contributed by atoms with van der Waals surface area (Å²) in [5.74, 6) is -1.21. The van der Waals surface area contributed by atoms with Crippen LogP contribution in [0.3, 0.4) is 0 Å². The minimum Gasteiger partial charge on any atom is -0.396 e. The Balaban J connectivity index is 2.12. The quantitative estimate of drug-likeness (QED) is 0.759. The minimum absolute atomic E-state index is 0.0505. The molecule has 16 heavy (non-hydrogen) atoms. The Bertz CT molecular complexity index is 254. The van der Waals surface area contributed by atoms with Crippen molar-refractivity contribution in [1.29, 1.82) is 0 Å². The van der Waals surface area contributed by atoms with Crippen molar-refractivity contribution < 1.29 is 23.0 Å². The maximum absolute atomic E-state index is 12.7. The zero-order chi connectivity index (χ0) is 11.9.